The third-order valence-electron chi connectivity index (χ3n) is 1.84. The van der Waals surface area contributed by atoms with Gasteiger partial charge in [-0.05, 0) is 19.8 Å². The topological polar surface area (TPSA) is 29.3 Å². The molecule has 1 aliphatic rings. The fourth-order valence-electron chi connectivity index (χ4n) is 0.990. The molecule has 0 bridgehead atoms. The van der Waals surface area contributed by atoms with Gasteiger partial charge in [0, 0.05) is 18.0 Å². The maximum absolute atomic E-state index is 6.06. The fourth-order valence-corrected chi connectivity index (χ4v) is 1.16. The van der Waals surface area contributed by atoms with Crippen molar-refractivity contribution in [2.24, 2.45) is 5.84 Å². The Hall–Kier alpha value is 0.210. The average Bonchev–Trinajstić information content (AvgIpc) is 1.78. The van der Waals surface area contributed by atoms with Gasteiger partial charge >= 0.3 is 0 Å². The Morgan fingerprint density at radius 2 is 1.89 bits per heavy atom. The van der Waals surface area contributed by atoms with Gasteiger partial charge in [0.05, 0.1) is 0 Å². The van der Waals surface area contributed by atoms with Gasteiger partial charge in [-0.2, -0.15) is 0 Å². The quantitative estimate of drug-likeness (QED) is 0.410. The number of piperidine rings is 1. The minimum atomic E-state index is 0.00979. The van der Waals surface area contributed by atoms with Crippen LogP contribution in [0.25, 0.3) is 0 Å². The van der Waals surface area contributed by atoms with E-state index >= 15 is 0 Å². The van der Waals surface area contributed by atoms with Gasteiger partial charge in [0.15, 0.2) is 0 Å². The molecule has 0 aromatic carbocycles. The molecule has 9 heavy (non-hydrogen) atoms. The van der Waals surface area contributed by atoms with E-state index in [-0.39, 0.29) is 4.87 Å². The molecule has 3 heteroatoms. The third-order valence-corrected chi connectivity index (χ3v) is 2.22. The first-order valence-electron chi connectivity index (χ1n) is 3.29. The standard InChI is InChI=1S/C6H13ClN2/c1-6(7)2-4-9(8)5-3-6/h2-5,8H2,1H3. The maximum atomic E-state index is 6.06. The minimum Gasteiger partial charge on any atom is -0.269 e. The van der Waals surface area contributed by atoms with E-state index in [9.17, 15) is 0 Å². The lowest BCUT2D eigenvalue weighted by atomic mass is 9.99. The summed E-state index contributed by atoms with van der Waals surface area (Å²) >= 11 is 6.06. The van der Waals surface area contributed by atoms with Crippen molar-refractivity contribution in [2.45, 2.75) is 24.6 Å². The van der Waals surface area contributed by atoms with Crippen LogP contribution in [0, 0.1) is 0 Å². The van der Waals surface area contributed by atoms with Gasteiger partial charge in [0.2, 0.25) is 0 Å². The van der Waals surface area contributed by atoms with E-state index in [1.807, 2.05) is 5.01 Å². The second kappa shape index (κ2) is 2.45. The highest BCUT2D eigenvalue weighted by Crippen LogP contribution is 2.26. The predicted molar refractivity (Wildman–Crippen MR) is 39.3 cm³/mol. The summed E-state index contributed by atoms with van der Waals surface area (Å²) in [6.07, 6.45) is 2.01. The van der Waals surface area contributed by atoms with Crippen molar-refractivity contribution in [3.05, 3.63) is 0 Å². The molecule has 54 valence electrons. The van der Waals surface area contributed by atoms with Crippen molar-refractivity contribution in [3.63, 3.8) is 0 Å². The van der Waals surface area contributed by atoms with E-state index in [2.05, 4.69) is 6.92 Å². The Bertz CT molecular complexity index is 93.2. The van der Waals surface area contributed by atoms with Crippen LogP contribution >= 0.6 is 11.6 Å². The molecule has 1 saturated heterocycles. The third kappa shape index (κ3) is 2.12. The molecular weight excluding hydrogens is 136 g/mol. The number of hydrogen-bond acceptors (Lipinski definition) is 2. The summed E-state index contributed by atoms with van der Waals surface area (Å²) in [5.41, 5.74) is 0. The zero-order valence-corrected chi connectivity index (χ0v) is 6.49. The van der Waals surface area contributed by atoms with Crippen molar-refractivity contribution in [2.75, 3.05) is 13.1 Å². The second-order valence-electron chi connectivity index (χ2n) is 2.95. The number of nitrogens with zero attached hydrogens (tertiary/aromatic N) is 1. The van der Waals surface area contributed by atoms with Crippen molar-refractivity contribution < 1.29 is 0 Å². The first-order chi connectivity index (χ1) is 4.10. The second-order valence-corrected chi connectivity index (χ2v) is 3.86. The van der Waals surface area contributed by atoms with Gasteiger partial charge < -0.3 is 0 Å². The zero-order chi connectivity index (χ0) is 6.91. The summed E-state index contributed by atoms with van der Waals surface area (Å²) in [6, 6.07) is 0. The Morgan fingerprint density at radius 3 is 2.22 bits per heavy atom. The normalized spacial score (nSPS) is 28.3. The van der Waals surface area contributed by atoms with E-state index in [4.69, 9.17) is 17.4 Å². The van der Waals surface area contributed by atoms with Gasteiger partial charge in [-0.1, -0.05) is 0 Å². The molecular formula is C6H13ClN2. The van der Waals surface area contributed by atoms with Gasteiger partial charge in [-0.25, -0.2) is 5.01 Å². The lowest BCUT2D eigenvalue weighted by Gasteiger charge is -2.32. The number of halogens is 1. The van der Waals surface area contributed by atoms with Crippen LogP contribution in [0.2, 0.25) is 0 Å². The van der Waals surface area contributed by atoms with Crippen molar-refractivity contribution >= 4 is 11.6 Å². The highest BCUT2D eigenvalue weighted by molar-refractivity contribution is 6.23. The van der Waals surface area contributed by atoms with E-state index in [1.165, 1.54) is 0 Å². The first kappa shape index (κ1) is 7.32. The van der Waals surface area contributed by atoms with Crippen LogP contribution < -0.4 is 5.84 Å². The van der Waals surface area contributed by atoms with Crippen LogP contribution in [-0.4, -0.2) is 23.0 Å². The highest BCUT2D eigenvalue weighted by Gasteiger charge is 2.25. The molecule has 1 rings (SSSR count). The summed E-state index contributed by atoms with van der Waals surface area (Å²) in [6.45, 7) is 3.93. The summed E-state index contributed by atoms with van der Waals surface area (Å²) in [5.74, 6) is 5.53. The van der Waals surface area contributed by atoms with Crippen LogP contribution in [0.4, 0.5) is 0 Å². The average molecular weight is 149 g/mol. The number of rotatable bonds is 0. The molecule has 0 atom stereocenters. The molecule has 0 aromatic heterocycles. The summed E-state index contributed by atoms with van der Waals surface area (Å²) in [5, 5.41) is 1.82. The monoisotopic (exact) mass is 148 g/mol. The summed E-state index contributed by atoms with van der Waals surface area (Å²) in [7, 11) is 0. The molecule has 2 N–H and O–H groups in total. The highest BCUT2D eigenvalue weighted by atomic mass is 35.5. The Balaban J connectivity index is 2.35. The SMILES string of the molecule is CC1(Cl)CCN(N)CC1. The molecule has 0 aliphatic carbocycles. The smallest absolute Gasteiger partial charge is 0.0444 e. The predicted octanol–water partition coefficient (Wildman–Crippen LogP) is 0.953. The Morgan fingerprint density at radius 1 is 1.44 bits per heavy atom. The van der Waals surface area contributed by atoms with E-state index in [0.29, 0.717) is 0 Å². The van der Waals surface area contributed by atoms with E-state index < -0.39 is 0 Å². The number of hydrazine groups is 1. The number of alkyl halides is 1. The van der Waals surface area contributed by atoms with Crippen LogP contribution in [0.1, 0.15) is 19.8 Å². The molecule has 1 fully saturated rings. The Labute approximate surface area is 60.9 Å². The molecule has 2 nitrogen and oxygen atoms in total. The molecule has 0 amide bonds. The van der Waals surface area contributed by atoms with Crippen LogP contribution in [-0.2, 0) is 0 Å². The van der Waals surface area contributed by atoms with E-state index in [0.717, 1.165) is 25.9 Å². The van der Waals surface area contributed by atoms with Crippen LogP contribution in [0.3, 0.4) is 0 Å². The van der Waals surface area contributed by atoms with Gasteiger partial charge in [0.25, 0.3) is 0 Å². The molecule has 1 aliphatic heterocycles. The van der Waals surface area contributed by atoms with Crippen molar-refractivity contribution in [1.29, 1.82) is 0 Å². The van der Waals surface area contributed by atoms with Gasteiger partial charge in [-0.3, -0.25) is 5.84 Å². The van der Waals surface area contributed by atoms with Crippen LogP contribution in [0.5, 0.6) is 0 Å². The molecule has 0 radical (unpaired) electrons. The molecule has 0 spiro atoms. The minimum absolute atomic E-state index is 0.00979. The number of nitrogens with two attached hydrogens (primary N) is 1. The van der Waals surface area contributed by atoms with Gasteiger partial charge in [0.1, 0.15) is 0 Å². The van der Waals surface area contributed by atoms with E-state index in [1.54, 1.807) is 0 Å². The van der Waals surface area contributed by atoms with Crippen LogP contribution in [0.15, 0.2) is 0 Å². The molecule has 1 heterocycles. The Kier molecular flexibility index (Phi) is 1.99. The fraction of sp³-hybridized carbons (Fsp3) is 1.00. The molecule has 0 aromatic rings. The first-order valence-corrected chi connectivity index (χ1v) is 3.66. The van der Waals surface area contributed by atoms with Crippen molar-refractivity contribution in [1.82, 2.24) is 5.01 Å². The summed E-state index contributed by atoms with van der Waals surface area (Å²) < 4.78 is 0. The van der Waals surface area contributed by atoms with Gasteiger partial charge in [-0.15, -0.1) is 11.6 Å². The maximum Gasteiger partial charge on any atom is 0.0444 e. The molecule has 0 saturated carbocycles. The zero-order valence-electron chi connectivity index (χ0n) is 5.73. The van der Waals surface area contributed by atoms with Crippen molar-refractivity contribution in [3.8, 4) is 0 Å². The summed E-state index contributed by atoms with van der Waals surface area (Å²) in [4.78, 5) is 0.00979. The molecule has 0 unspecified atom stereocenters. The lowest BCUT2D eigenvalue weighted by molar-refractivity contribution is 0.208. The lowest BCUT2D eigenvalue weighted by Crippen LogP contribution is -2.43. The largest absolute Gasteiger partial charge is 0.269 e. The number of hydrogen-bond donors (Lipinski definition) is 1.